The fraction of sp³-hybridized carbons (Fsp3) is 0.867. The number of nitrogens with two attached hydrogens (primary N) is 1. The molecule has 0 aromatic carbocycles. The Hall–Kier alpha value is -0.900. The number of rotatable bonds is 4. The molecule has 3 atom stereocenters. The zero-order chi connectivity index (χ0) is 14.0. The third kappa shape index (κ3) is 4.30. The van der Waals surface area contributed by atoms with Crippen LogP contribution in [0.2, 0.25) is 0 Å². The molecule has 1 aliphatic carbocycles. The average molecular weight is 265 g/mol. The van der Waals surface area contributed by atoms with Crippen molar-refractivity contribution in [3.63, 3.8) is 0 Å². The maximum atomic E-state index is 6.15. The minimum absolute atomic E-state index is 0.0933. The highest BCUT2D eigenvalue weighted by molar-refractivity contribution is 5.00. The van der Waals surface area contributed by atoms with Crippen molar-refractivity contribution in [3.05, 3.63) is 11.7 Å². The number of hydrogen-bond acceptors (Lipinski definition) is 4. The van der Waals surface area contributed by atoms with Crippen LogP contribution in [-0.4, -0.2) is 16.2 Å². The largest absolute Gasteiger partial charge is 0.339 e. The summed E-state index contributed by atoms with van der Waals surface area (Å²) in [4.78, 5) is 4.54. The second kappa shape index (κ2) is 5.61. The molecule has 1 aromatic heterocycles. The highest BCUT2D eigenvalue weighted by Gasteiger charge is 2.27. The molecule has 1 saturated carbocycles. The van der Waals surface area contributed by atoms with Gasteiger partial charge in [0.15, 0.2) is 5.82 Å². The molecule has 0 aliphatic heterocycles. The van der Waals surface area contributed by atoms with E-state index in [4.69, 9.17) is 10.3 Å². The lowest BCUT2D eigenvalue weighted by Crippen LogP contribution is -2.28. The number of nitrogens with zero attached hydrogens (tertiary/aromatic N) is 2. The van der Waals surface area contributed by atoms with E-state index in [2.05, 4.69) is 37.8 Å². The molecule has 0 saturated heterocycles. The molecular formula is C15H27N3O. The minimum atomic E-state index is 0.0933. The van der Waals surface area contributed by atoms with Gasteiger partial charge in [0.05, 0.1) is 0 Å². The second-order valence-corrected chi connectivity index (χ2v) is 7.39. The Morgan fingerprint density at radius 2 is 2.11 bits per heavy atom. The van der Waals surface area contributed by atoms with Crippen LogP contribution in [0.3, 0.4) is 0 Å². The van der Waals surface area contributed by atoms with Crippen LogP contribution in [0.25, 0.3) is 0 Å². The van der Waals surface area contributed by atoms with Crippen LogP contribution in [-0.2, 0) is 6.42 Å². The molecule has 108 valence electrons. The lowest BCUT2D eigenvalue weighted by Gasteiger charge is -2.21. The molecule has 4 heteroatoms. The maximum Gasteiger partial charge on any atom is 0.228 e. The molecule has 1 heterocycles. The summed E-state index contributed by atoms with van der Waals surface area (Å²) in [5, 5.41) is 4.14. The standard InChI is InChI=1S/C15H27N3O/c1-10-5-6-11(7-10)14-17-13(19-18-14)8-12(16)9-15(2,3)4/h10-12H,5-9,16H2,1-4H3. The molecule has 2 N–H and O–H groups in total. The summed E-state index contributed by atoms with van der Waals surface area (Å²) in [5.41, 5.74) is 6.39. The number of aromatic nitrogens is 2. The number of hydrogen-bond donors (Lipinski definition) is 1. The molecule has 1 fully saturated rings. The van der Waals surface area contributed by atoms with E-state index in [1.165, 1.54) is 19.3 Å². The van der Waals surface area contributed by atoms with Crippen molar-refractivity contribution in [2.24, 2.45) is 17.1 Å². The smallest absolute Gasteiger partial charge is 0.228 e. The molecule has 1 aliphatic rings. The Labute approximate surface area is 116 Å². The monoisotopic (exact) mass is 265 g/mol. The van der Waals surface area contributed by atoms with Crippen LogP contribution < -0.4 is 5.73 Å². The Balaban J connectivity index is 1.90. The summed E-state index contributed by atoms with van der Waals surface area (Å²) >= 11 is 0. The van der Waals surface area contributed by atoms with E-state index < -0.39 is 0 Å². The van der Waals surface area contributed by atoms with E-state index >= 15 is 0 Å². The van der Waals surface area contributed by atoms with Crippen LogP contribution in [0, 0.1) is 11.3 Å². The van der Waals surface area contributed by atoms with E-state index in [9.17, 15) is 0 Å². The molecule has 0 amide bonds. The first-order valence-electron chi connectivity index (χ1n) is 7.41. The Morgan fingerprint density at radius 3 is 2.68 bits per heavy atom. The maximum absolute atomic E-state index is 6.15. The van der Waals surface area contributed by atoms with Gasteiger partial charge in [-0.05, 0) is 37.0 Å². The van der Waals surface area contributed by atoms with Gasteiger partial charge in [0, 0.05) is 18.4 Å². The predicted octanol–water partition coefficient (Wildman–Crippen LogP) is 3.28. The summed E-state index contributed by atoms with van der Waals surface area (Å²) in [7, 11) is 0. The van der Waals surface area contributed by atoms with Crippen molar-refractivity contribution in [1.29, 1.82) is 0 Å². The van der Waals surface area contributed by atoms with Crippen molar-refractivity contribution in [1.82, 2.24) is 10.1 Å². The SMILES string of the molecule is CC1CCC(c2noc(CC(N)CC(C)(C)C)n2)C1. The molecule has 2 rings (SSSR count). The van der Waals surface area contributed by atoms with Crippen molar-refractivity contribution in [2.45, 2.75) is 71.8 Å². The Morgan fingerprint density at radius 1 is 1.37 bits per heavy atom. The third-order valence-electron chi connectivity index (χ3n) is 3.86. The molecule has 0 spiro atoms. The van der Waals surface area contributed by atoms with E-state index in [0.717, 1.165) is 18.2 Å². The topological polar surface area (TPSA) is 64.9 Å². The van der Waals surface area contributed by atoms with Crippen LogP contribution >= 0.6 is 0 Å². The van der Waals surface area contributed by atoms with E-state index in [1.807, 2.05) is 0 Å². The quantitative estimate of drug-likeness (QED) is 0.907. The minimum Gasteiger partial charge on any atom is -0.339 e. The first-order valence-corrected chi connectivity index (χ1v) is 7.41. The lowest BCUT2D eigenvalue weighted by molar-refractivity contribution is 0.312. The van der Waals surface area contributed by atoms with E-state index in [1.54, 1.807) is 0 Å². The van der Waals surface area contributed by atoms with Crippen molar-refractivity contribution in [3.8, 4) is 0 Å². The van der Waals surface area contributed by atoms with Gasteiger partial charge in [-0.1, -0.05) is 32.9 Å². The van der Waals surface area contributed by atoms with Gasteiger partial charge in [0.25, 0.3) is 0 Å². The van der Waals surface area contributed by atoms with Gasteiger partial charge < -0.3 is 10.3 Å². The summed E-state index contributed by atoms with van der Waals surface area (Å²) in [6.07, 6.45) is 5.30. The molecule has 0 bridgehead atoms. The Bertz CT molecular complexity index is 408. The molecule has 19 heavy (non-hydrogen) atoms. The fourth-order valence-electron chi connectivity index (χ4n) is 3.04. The van der Waals surface area contributed by atoms with Crippen LogP contribution in [0.5, 0.6) is 0 Å². The summed E-state index contributed by atoms with van der Waals surface area (Å²) < 4.78 is 5.36. The zero-order valence-corrected chi connectivity index (χ0v) is 12.6. The third-order valence-corrected chi connectivity index (χ3v) is 3.86. The van der Waals surface area contributed by atoms with Gasteiger partial charge >= 0.3 is 0 Å². The van der Waals surface area contributed by atoms with Crippen LogP contribution in [0.4, 0.5) is 0 Å². The molecule has 0 radical (unpaired) electrons. The van der Waals surface area contributed by atoms with Crippen molar-refractivity contribution in [2.75, 3.05) is 0 Å². The summed E-state index contributed by atoms with van der Waals surface area (Å²) in [6, 6.07) is 0.0933. The zero-order valence-electron chi connectivity index (χ0n) is 12.6. The lowest BCUT2D eigenvalue weighted by atomic mass is 9.87. The summed E-state index contributed by atoms with van der Waals surface area (Å²) in [6.45, 7) is 8.89. The van der Waals surface area contributed by atoms with Gasteiger partial charge in [0.1, 0.15) is 0 Å². The normalized spacial score (nSPS) is 25.7. The van der Waals surface area contributed by atoms with Crippen molar-refractivity contribution >= 4 is 0 Å². The first kappa shape index (κ1) is 14.5. The van der Waals surface area contributed by atoms with Crippen LogP contribution in [0.1, 0.15) is 71.0 Å². The van der Waals surface area contributed by atoms with Gasteiger partial charge in [-0.15, -0.1) is 0 Å². The molecule has 4 nitrogen and oxygen atoms in total. The van der Waals surface area contributed by atoms with Gasteiger partial charge in [-0.25, -0.2) is 0 Å². The molecule has 3 unspecified atom stereocenters. The first-order chi connectivity index (χ1) is 8.83. The van der Waals surface area contributed by atoms with Gasteiger partial charge in [-0.3, -0.25) is 0 Å². The van der Waals surface area contributed by atoms with E-state index in [0.29, 0.717) is 18.2 Å². The van der Waals surface area contributed by atoms with Gasteiger partial charge in [-0.2, -0.15) is 4.98 Å². The molecular weight excluding hydrogens is 238 g/mol. The predicted molar refractivity (Wildman–Crippen MR) is 75.8 cm³/mol. The second-order valence-electron chi connectivity index (χ2n) is 7.39. The Kier molecular flexibility index (Phi) is 4.29. The van der Waals surface area contributed by atoms with Gasteiger partial charge in [0.2, 0.25) is 5.89 Å². The average Bonchev–Trinajstić information content (AvgIpc) is 2.83. The highest BCUT2D eigenvalue weighted by Crippen LogP contribution is 2.36. The summed E-state index contributed by atoms with van der Waals surface area (Å²) in [5.74, 6) is 2.87. The van der Waals surface area contributed by atoms with E-state index in [-0.39, 0.29) is 11.5 Å². The van der Waals surface area contributed by atoms with Crippen LogP contribution in [0.15, 0.2) is 4.52 Å². The highest BCUT2D eigenvalue weighted by atomic mass is 16.5. The van der Waals surface area contributed by atoms with Crippen molar-refractivity contribution < 1.29 is 4.52 Å². The molecule has 1 aromatic rings. The fourth-order valence-corrected chi connectivity index (χ4v) is 3.04.